The molecule has 10 nitrogen and oxygen atoms in total. The van der Waals surface area contributed by atoms with Crippen molar-refractivity contribution in [3.8, 4) is 22.9 Å². The minimum absolute atomic E-state index is 0.130. The molecule has 0 aromatic carbocycles. The molecule has 2 aliphatic heterocycles. The van der Waals surface area contributed by atoms with Gasteiger partial charge in [-0.05, 0) is 56.4 Å². The Morgan fingerprint density at radius 3 is 2.62 bits per heavy atom. The van der Waals surface area contributed by atoms with Gasteiger partial charge in [0.05, 0.1) is 29.1 Å². The van der Waals surface area contributed by atoms with Crippen LogP contribution in [-0.4, -0.2) is 61.0 Å². The fourth-order valence-electron chi connectivity index (χ4n) is 5.30. The Kier molecular flexibility index (Phi) is 5.65. The number of nitrogens with zero attached hydrogens (tertiary/aromatic N) is 7. The van der Waals surface area contributed by atoms with Gasteiger partial charge in [-0.15, -0.1) is 0 Å². The van der Waals surface area contributed by atoms with E-state index in [0.29, 0.717) is 40.7 Å². The highest BCUT2D eigenvalue weighted by Crippen LogP contribution is 2.42. The molecule has 3 aliphatic rings. The second kappa shape index (κ2) is 9.01. The minimum Gasteiger partial charge on any atom is -0.489 e. The van der Waals surface area contributed by atoms with Crippen LogP contribution in [0.25, 0.3) is 16.6 Å². The normalized spacial score (nSPS) is 20.8. The molecule has 2 N–H and O–H groups in total. The Balaban J connectivity index is 1.22. The first-order valence-electron chi connectivity index (χ1n) is 12.4. The average molecular weight is 497 g/mol. The standard InChI is InChI=1S/C27H28N8O2/c1-27(2,36)16-37-21-9-22(25-20(10-28)12-32-35(25)15-21)17-4-5-23(31-11-17)34-13-18-8-19(14-34)24(18)33-26-29-6-3-7-30-26/h3-7,9,11-12,15,18-19,24,36H,8,13-14,16H2,1-2H3,(H,29,30,33). The van der Waals surface area contributed by atoms with Gasteiger partial charge in [-0.25, -0.2) is 19.5 Å². The topological polar surface area (TPSA) is 124 Å². The summed E-state index contributed by atoms with van der Waals surface area (Å²) in [6.45, 7) is 5.37. The molecule has 2 bridgehead atoms. The molecule has 4 aromatic heterocycles. The molecule has 2 saturated heterocycles. The van der Waals surface area contributed by atoms with Gasteiger partial charge in [-0.2, -0.15) is 10.4 Å². The number of pyridine rings is 2. The number of anilines is 2. The Morgan fingerprint density at radius 1 is 1.16 bits per heavy atom. The number of hydrogen-bond acceptors (Lipinski definition) is 9. The highest BCUT2D eigenvalue weighted by molar-refractivity contribution is 5.85. The Labute approximate surface area is 214 Å². The first-order valence-corrected chi connectivity index (χ1v) is 12.4. The maximum atomic E-state index is 10.1. The van der Waals surface area contributed by atoms with Gasteiger partial charge >= 0.3 is 0 Å². The smallest absolute Gasteiger partial charge is 0.222 e. The van der Waals surface area contributed by atoms with Crippen molar-refractivity contribution in [2.45, 2.75) is 31.9 Å². The van der Waals surface area contributed by atoms with E-state index in [1.54, 1.807) is 43.2 Å². The lowest BCUT2D eigenvalue weighted by molar-refractivity contribution is 0.0283. The van der Waals surface area contributed by atoms with E-state index in [0.717, 1.165) is 30.0 Å². The molecule has 0 spiro atoms. The molecule has 10 heteroatoms. The first kappa shape index (κ1) is 23.2. The Morgan fingerprint density at radius 2 is 1.95 bits per heavy atom. The van der Waals surface area contributed by atoms with E-state index >= 15 is 0 Å². The highest BCUT2D eigenvalue weighted by atomic mass is 16.5. The molecule has 6 heterocycles. The van der Waals surface area contributed by atoms with Crippen molar-refractivity contribution in [2.24, 2.45) is 11.8 Å². The van der Waals surface area contributed by atoms with Crippen molar-refractivity contribution < 1.29 is 9.84 Å². The lowest BCUT2D eigenvalue weighted by Crippen LogP contribution is -2.61. The number of aromatic nitrogens is 5. The molecule has 7 rings (SSSR count). The third-order valence-electron chi connectivity index (χ3n) is 7.07. The third-order valence-corrected chi connectivity index (χ3v) is 7.07. The number of nitriles is 1. The van der Waals surface area contributed by atoms with Gasteiger partial charge in [0.2, 0.25) is 5.95 Å². The molecular weight excluding hydrogens is 468 g/mol. The summed E-state index contributed by atoms with van der Waals surface area (Å²) in [5, 5.41) is 27.5. The van der Waals surface area contributed by atoms with Gasteiger partial charge in [0, 0.05) is 48.8 Å². The summed E-state index contributed by atoms with van der Waals surface area (Å²) in [5.74, 6) is 3.23. The molecule has 1 aliphatic carbocycles. The zero-order chi connectivity index (χ0) is 25.6. The van der Waals surface area contributed by atoms with Crippen LogP contribution < -0.4 is 15.0 Å². The second-order valence-electron chi connectivity index (χ2n) is 10.5. The quantitative estimate of drug-likeness (QED) is 0.397. The van der Waals surface area contributed by atoms with Gasteiger partial charge in [-0.1, -0.05) is 0 Å². The molecule has 37 heavy (non-hydrogen) atoms. The van der Waals surface area contributed by atoms with Crippen LogP contribution >= 0.6 is 0 Å². The molecule has 3 fully saturated rings. The summed E-state index contributed by atoms with van der Waals surface area (Å²) >= 11 is 0. The zero-order valence-corrected chi connectivity index (χ0v) is 20.7. The molecule has 2 unspecified atom stereocenters. The molecule has 188 valence electrons. The Bertz CT molecular complexity index is 1440. The third kappa shape index (κ3) is 4.54. The number of aliphatic hydroxyl groups is 1. The van der Waals surface area contributed by atoms with Crippen LogP contribution in [0.5, 0.6) is 5.75 Å². The van der Waals surface area contributed by atoms with Crippen LogP contribution in [0.1, 0.15) is 25.8 Å². The molecule has 2 atom stereocenters. The molecule has 0 radical (unpaired) electrons. The van der Waals surface area contributed by atoms with E-state index in [1.807, 2.05) is 30.5 Å². The summed E-state index contributed by atoms with van der Waals surface area (Å²) < 4.78 is 7.48. The van der Waals surface area contributed by atoms with Crippen molar-refractivity contribution >= 4 is 17.3 Å². The van der Waals surface area contributed by atoms with E-state index < -0.39 is 5.60 Å². The average Bonchev–Trinajstić information content (AvgIpc) is 3.33. The summed E-state index contributed by atoms with van der Waals surface area (Å²) in [4.78, 5) is 15.7. The number of hydrogen-bond donors (Lipinski definition) is 2. The van der Waals surface area contributed by atoms with E-state index in [2.05, 4.69) is 31.4 Å². The van der Waals surface area contributed by atoms with Gasteiger partial charge in [-0.3, -0.25) is 0 Å². The molecular formula is C27H28N8O2. The number of nitrogens with one attached hydrogen (secondary N) is 1. The zero-order valence-electron chi connectivity index (χ0n) is 20.7. The van der Waals surface area contributed by atoms with Crippen LogP contribution in [-0.2, 0) is 0 Å². The van der Waals surface area contributed by atoms with Gasteiger partial charge in [0.1, 0.15) is 24.2 Å². The fourth-order valence-corrected chi connectivity index (χ4v) is 5.30. The van der Waals surface area contributed by atoms with Crippen LogP contribution in [0.4, 0.5) is 11.8 Å². The van der Waals surface area contributed by atoms with E-state index in [-0.39, 0.29) is 6.61 Å². The molecule has 0 amide bonds. The van der Waals surface area contributed by atoms with Gasteiger partial charge in [0.25, 0.3) is 0 Å². The maximum absolute atomic E-state index is 10.1. The lowest BCUT2D eigenvalue weighted by atomic mass is 9.66. The van der Waals surface area contributed by atoms with Gasteiger partial charge < -0.3 is 20.1 Å². The minimum atomic E-state index is -0.974. The van der Waals surface area contributed by atoms with E-state index in [4.69, 9.17) is 9.72 Å². The van der Waals surface area contributed by atoms with Crippen molar-refractivity contribution in [3.63, 3.8) is 0 Å². The van der Waals surface area contributed by atoms with Crippen molar-refractivity contribution in [1.29, 1.82) is 5.26 Å². The largest absolute Gasteiger partial charge is 0.489 e. The molecule has 1 saturated carbocycles. The van der Waals surface area contributed by atoms with Crippen molar-refractivity contribution in [2.75, 3.05) is 29.9 Å². The van der Waals surface area contributed by atoms with Crippen LogP contribution in [0.15, 0.2) is 55.2 Å². The summed E-state index contributed by atoms with van der Waals surface area (Å²) in [6, 6.07) is 10.4. The Hall–Kier alpha value is -4.23. The van der Waals surface area contributed by atoms with E-state index in [1.165, 1.54) is 6.42 Å². The number of piperidine rings is 2. The number of fused-ring (bicyclic) bond motifs is 3. The van der Waals surface area contributed by atoms with Crippen LogP contribution in [0, 0.1) is 23.2 Å². The van der Waals surface area contributed by atoms with Crippen molar-refractivity contribution in [1.82, 2.24) is 24.6 Å². The summed E-state index contributed by atoms with van der Waals surface area (Å²) in [6.07, 6.45) is 9.82. The number of rotatable bonds is 7. The van der Waals surface area contributed by atoms with Crippen LogP contribution in [0.3, 0.4) is 0 Å². The fraction of sp³-hybridized carbons (Fsp3) is 0.370. The lowest BCUT2D eigenvalue weighted by Gasteiger charge is -2.54. The monoisotopic (exact) mass is 496 g/mol. The second-order valence-corrected chi connectivity index (χ2v) is 10.5. The predicted octanol–water partition coefficient (Wildman–Crippen LogP) is 3.14. The maximum Gasteiger partial charge on any atom is 0.222 e. The molecule has 4 aromatic rings. The number of ether oxygens (including phenoxy) is 1. The summed E-state index contributed by atoms with van der Waals surface area (Å²) in [5.41, 5.74) is 1.87. The highest BCUT2D eigenvalue weighted by Gasteiger charge is 2.47. The van der Waals surface area contributed by atoms with E-state index in [9.17, 15) is 10.4 Å². The first-order chi connectivity index (χ1) is 17.9. The SMILES string of the molecule is CC(C)(O)COc1cc(-c2ccc(N3CC4CC(C3)C4Nc3ncccn3)nc2)c2c(C#N)cnn2c1. The summed E-state index contributed by atoms with van der Waals surface area (Å²) in [7, 11) is 0. The van der Waals surface area contributed by atoms with Crippen LogP contribution in [0.2, 0.25) is 0 Å². The van der Waals surface area contributed by atoms with Gasteiger partial charge in [0.15, 0.2) is 0 Å². The van der Waals surface area contributed by atoms with Crippen molar-refractivity contribution in [3.05, 3.63) is 60.8 Å². The predicted molar refractivity (Wildman–Crippen MR) is 138 cm³/mol.